The number of carbonyl (C=O) groups is 1. The standard InChI is InChI=1S/C22H24F3N5O3/c1-5-30(14(2)13-33-18-8-6-15(12-26-18)22(23,24)25)21(31)16-7-9-19(32-4)27-20(16)17-10-11-29(3)28-17/h6-12,14H,5,13H2,1-4H3. The lowest BCUT2D eigenvalue weighted by molar-refractivity contribution is -0.137. The lowest BCUT2D eigenvalue weighted by Gasteiger charge is -2.28. The Morgan fingerprint density at radius 2 is 1.91 bits per heavy atom. The molecular formula is C22H24F3N5O3. The molecule has 3 aromatic heterocycles. The number of aryl methyl sites for hydroxylation is 1. The number of nitrogens with zero attached hydrogens (tertiary/aromatic N) is 5. The second kappa shape index (κ2) is 9.88. The van der Waals surface area contributed by atoms with Gasteiger partial charge in [-0.1, -0.05) is 0 Å². The van der Waals surface area contributed by atoms with E-state index >= 15 is 0 Å². The number of alkyl halides is 3. The van der Waals surface area contributed by atoms with Gasteiger partial charge in [0.05, 0.1) is 24.3 Å². The Bertz CT molecular complexity index is 1100. The van der Waals surface area contributed by atoms with Gasteiger partial charge >= 0.3 is 6.18 Å². The molecule has 0 aliphatic heterocycles. The maximum absolute atomic E-state index is 13.4. The van der Waals surface area contributed by atoms with Gasteiger partial charge in [-0.2, -0.15) is 18.3 Å². The third-order valence-electron chi connectivity index (χ3n) is 4.94. The molecular weight excluding hydrogens is 439 g/mol. The summed E-state index contributed by atoms with van der Waals surface area (Å²) in [6, 6.07) is 6.63. The van der Waals surface area contributed by atoms with Crippen LogP contribution in [-0.2, 0) is 13.2 Å². The van der Waals surface area contributed by atoms with Crippen LogP contribution < -0.4 is 9.47 Å². The van der Waals surface area contributed by atoms with Crippen LogP contribution in [0, 0.1) is 0 Å². The van der Waals surface area contributed by atoms with Crippen molar-refractivity contribution in [1.29, 1.82) is 0 Å². The summed E-state index contributed by atoms with van der Waals surface area (Å²) in [5, 5.41) is 4.34. The summed E-state index contributed by atoms with van der Waals surface area (Å²) in [5.74, 6) is 0.100. The Labute approximate surface area is 189 Å². The first-order chi connectivity index (χ1) is 15.6. The number of amides is 1. The summed E-state index contributed by atoms with van der Waals surface area (Å²) < 4.78 is 50.4. The molecule has 0 aromatic carbocycles. The lowest BCUT2D eigenvalue weighted by atomic mass is 10.1. The second-order valence-electron chi connectivity index (χ2n) is 7.26. The zero-order valence-corrected chi connectivity index (χ0v) is 18.6. The maximum atomic E-state index is 13.4. The fraction of sp³-hybridized carbons (Fsp3) is 0.364. The van der Waals surface area contributed by atoms with E-state index in [-0.39, 0.29) is 18.4 Å². The van der Waals surface area contributed by atoms with Gasteiger partial charge in [0, 0.05) is 38.1 Å². The average Bonchev–Trinajstić information content (AvgIpc) is 3.23. The molecule has 0 aliphatic rings. The van der Waals surface area contributed by atoms with Crippen molar-refractivity contribution in [2.45, 2.75) is 26.1 Å². The first kappa shape index (κ1) is 24.0. The van der Waals surface area contributed by atoms with Gasteiger partial charge in [0.15, 0.2) is 0 Å². The lowest BCUT2D eigenvalue weighted by Crippen LogP contribution is -2.42. The summed E-state index contributed by atoms with van der Waals surface area (Å²) in [6.07, 6.45) is -2.01. The molecule has 176 valence electrons. The molecule has 8 nitrogen and oxygen atoms in total. The van der Waals surface area contributed by atoms with Gasteiger partial charge in [-0.15, -0.1) is 0 Å². The topological polar surface area (TPSA) is 82.4 Å². The third-order valence-corrected chi connectivity index (χ3v) is 4.94. The van der Waals surface area contributed by atoms with E-state index in [9.17, 15) is 18.0 Å². The number of halogens is 3. The molecule has 0 fully saturated rings. The summed E-state index contributed by atoms with van der Waals surface area (Å²) in [5.41, 5.74) is 0.391. The van der Waals surface area contributed by atoms with Gasteiger partial charge in [-0.3, -0.25) is 9.48 Å². The minimum absolute atomic E-state index is 0.0404. The molecule has 33 heavy (non-hydrogen) atoms. The number of aromatic nitrogens is 4. The fourth-order valence-electron chi connectivity index (χ4n) is 3.20. The molecule has 0 aliphatic carbocycles. The predicted molar refractivity (Wildman–Crippen MR) is 114 cm³/mol. The average molecular weight is 463 g/mol. The minimum Gasteiger partial charge on any atom is -0.481 e. The number of ether oxygens (including phenoxy) is 2. The maximum Gasteiger partial charge on any atom is 0.417 e. The Balaban J connectivity index is 1.78. The third kappa shape index (κ3) is 5.60. The fourth-order valence-corrected chi connectivity index (χ4v) is 3.20. The number of rotatable bonds is 8. The van der Waals surface area contributed by atoms with Crippen LogP contribution in [0.25, 0.3) is 11.4 Å². The van der Waals surface area contributed by atoms with Gasteiger partial charge in [-0.25, -0.2) is 9.97 Å². The van der Waals surface area contributed by atoms with Crippen molar-refractivity contribution in [3.05, 3.63) is 53.9 Å². The molecule has 1 amide bonds. The van der Waals surface area contributed by atoms with E-state index in [4.69, 9.17) is 9.47 Å². The van der Waals surface area contributed by atoms with Crippen LogP contribution in [0.1, 0.15) is 29.8 Å². The van der Waals surface area contributed by atoms with E-state index in [0.717, 1.165) is 12.1 Å². The van der Waals surface area contributed by atoms with Crippen LogP contribution in [0.3, 0.4) is 0 Å². The number of methoxy groups -OCH3 is 1. The summed E-state index contributed by atoms with van der Waals surface area (Å²) >= 11 is 0. The molecule has 3 aromatic rings. The molecule has 0 N–H and O–H groups in total. The van der Waals surface area contributed by atoms with Gasteiger partial charge in [0.2, 0.25) is 11.8 Å². The Hall–Kier alpha value is -3.63. The molecule has 3 heterocycles. The highest BCUT2D eigenvalue weighted by molar-refractivity contribution is 5.99. The van der Waals surface area contributed by atoms with Crippen LogP contribution in [0.2, 0.25) is 0 Å². The van der Waals surface area contributed by atoms with E-state index < -0.39 is 17.8 Å². The van der Waals surface area contributed by atoms with E-state index in [0.29, 0.717) is 35.6 Å². The first-order valence-electron chi connectivity index (χ1n) is 10.2. The zero-order valence-electron chi connectivity index (χ0n) is 18.6. The Kier molecular flexibility index (Phi) is 7.19. The van der Waals surface area contributed by atoms with Crippen molar-refractivity contribution in [2.24, 2.45) is 7.05 Å². The van der Waals surface area contributed by atoms with Crippen molar-refractivity contribution in [3.63, 3.8) is 0 Å². The molecule has 11 heteroatoms. The number of pyridine rings is 2. The number of carbonyl (C=O) groups excluding carboxylic acids is 1. The van der Waals surface area contributed by atoms with E-state index in [1.807, 2.05) is 6.92 Å². The van der Waals surface area contributed by atoms with Crippen molar-refractivity contribution in [2.75, 3.05) is 20.3 Å². The van der Waals surface area contributed by atoms with Crippen LogP contribution in [0.4, 0.5) is 13.2 Å². The minimum atomic E-state index is -4.47. The number of hydrogen-bond donors (Lipinski definition) is 0. The van der Waals surface area contributed by atoms with Crippen LogP contribution in [-0.4, -0.2) is 56.9 Å². The van der Waals surface area contributed by atoms with E-state index in [1.165, 1.54) is 7.11 Å². The van der Waals surface area contributed by atoms with E-state index in [2.05, 4.69) is 15.1 Å². The number of hydrogen-bond acceptors (Lipinski definition) is 6. The van der Waals surface area contributed by atoms with Crippen molar-refractivity contribution >= 4 is 5.91 Å². The highest BCUT2D eigenvalue weighted by Gasteiger charge is 2.31. The summed E-state index contributed by atoms with van der Waals surface area (Å²) in [7, 11) is 3.25. The Morgan fingerprint density at radius 3 is 2.45 bits per heavy atom. The SMILES string of the molecule is CCN(C(=O)c1ccc(OC)nc1-c1ccn(C)n1)C(C)COc1ccc(C(F)(F)F)cn1. The largest absolute Gasteiger partial charge is 0.481 e. The molecule has 0 radical (unpaired) electrons. The number of likely N-dealkylation sites (N-methyl/N-ethyl adjacent to an activating group) is 1. The molecule has 0 saturated heterocycles. The van der Waals surface area contributed by atoms with Crippen molar-refractivity contribution in [3.8, 4) is 23.1 Å². The second-order valence-corrected chi connectivity index (χ2v) is 7.26. The van der Waals surface area contributed by atoms with Crippen molar-refractivity contribution in [1.82, 2.24) is 24.6 Å². The van der Waals surface area contributed by atoms with Crippen molar-refractivity contribution < 1.29 is 27.4 Å². The highest BCUT2D eigenvalue weighted by atomic mass is 19.4. The molecule has 0 saturated carbocycles. The highest BCUT2D eigenvalue weighted by Crippen LogP contribution is 2.29. The van der Waals surface area contributed by atoms with Gasteiger partial charge in [0.25, 0.3) is 5.91 Å². The monoisotopic (exact) mass is 463 g/mol. The van der Waals surface area contributed by atoms with Crippen LogP contribution in [0.5, 0.6) is 11.8 Å². The summed E-state index contributed by atoms with van der Waals surface area (Å²) in [6.45, 7) is 4.02. The van der Waals surface area contributed by atoms with Gasteiger partial charge in [-0.05, 0) is 32.0 Å². The molecule has 0 bridgehead atoms. The van der Waals surface area contributed by atoms with Crippen LogP contribution in [0.15, 0.2) is 42.7 Å². The normalized spacial score (nSPS) is 12.3. The first-order valence-corrected chi connectivity index (χ1v) is 10.2. The van der Waals surface area contributed by atoms with E-state index in [1.54, 1.807) is 47.9 Å². The molecule has 0 spiro atoms. The summed E-state index contributed by atoms with van der Waals surface area (Å²) in [4.78, 5) is 23.1. The quantitative estimate of drug-likeness (QED) is 0.505. The zero-order chi connectivity index (χ0) is 24.2. The molecule has 3 rings (SSSR count). The smallest absolute Gasteiger partial charge is 0.417 e. The van der Waals surface area contributed by atoms with Gasteiger partial charge in [0.1, 0.15) is 18.0 Å². The predicted octanol–water partition coefficient (Wildman–Crippen LogP) is 3.83. The Morgan fingerprint density at radius 1 is 1.18 bits per heavy atom. The molecule has 1 unspecified atom stereocenters. The van der Waals surface area contributed by atoms with Gasteiger partial charge < -0.3 is 14.4 Å². The molecule has 1 atom stereocenters. The van der Waals surface area contributed by atoms with Crippen LogP contribution >= 0.6 is 0 Å².